The molecular formula is C34H49ClO4. The molecule has 4 nitrogen and oxygen atoms in total. The quantitative estimate of drug-likeness (QED) is 0.249. The molecule has 0 spiro atoms. The number of hydrogen-bond acceptors (Lipinski definition) is 4. The van der Waals surface area contributed by atoms with Crippen LogP contribution < -0.4 is 0 Å². The fraction of sp³-hybridized carbons (Fsp3) is 0.588. The van der Waals surface area contributed by atoms with Crippen LogP contribution in [-0.4, -0.2) is 29.5 Å². The molecular weight excluding hydrogens is 508 g/mol. The summed E-state index contributed by atoms with van der Waals surface area (Å²) in [7, 11) is 0. The Morgan fingerprint density at radius 3 is 1.51 bits per heavy atom. The van der Waals surface area contributed by atoms with Gasteiger partial charge < -0.3 is 9.84 Å². The van der Waals surface area contributed by atoms with Gasteiger partial charge in [-0.15, -0.1) is 0 Å². The van der Waals surface area contributed by atoms with Crippen LogP contribution in [0.1, 0.15) is 91.2 Å². The van der Waals surface area contributed by atoms with Crippen LogP contribution >= 0.6 is 11.6 Å². The third-order valence-electron chi connectivity index (χ3n) is 8.53. The minimum atomic E-state index is -0.269. The van der Waals surface area contributed by atoms with Crippen LogP contribution in [-0.2, 0) is 14.3 Å². The number of aliphatic hydroxyl groups excluding tert-OH is 1. The second-order valence-corrected chi connectivity index (χ2v) is 13.1. The van der Waals surface area contributed by atoms with Crippen LogP contribution in [0, 0.1) is 34.5 Å². The van der Waals surface area contributed by atoms with Gasteiger partial charge in [-0.25, -0.2) is 0 Å². The highest BCUT2D eigenvalue weighted by atomic mass is 35.5. The van der Waals surface area contributed by atoms with E-state index < -0.39 is 0 Å². The molecule has 0 bridgehead atoms. The topological polar surface area (TPSA) is 63.6 Å². The lowest BCUT2D eigenvalue weighted by atomic mass is 9.91. The van der Waals surface area contributed by atoms with Crippen LogP contribution in [0.25, 0.3) is 0 Å². The molecule has 2 aliphatic carbocycles. The maximum absolute atomic E-state index is 11.5. The first-order chi connectivity index (χ1) is 18.3. The summed E-state index contributed by atoms with van der Waals surface area (Å²) >= 11 is 4.97. The number of carbonyl (C=O) groups is 2. The van der Waals surface area contributed by atoms with Crippen molar-refractivity contribution in [2.24, 2.45) is 34.5 Å². The smallest absolute Gasteiger partial charge is 0.308 e. The number of carbonyl (C=O) groups excluding carboxylic acids is 2. The minimum Gasteiger partial charge on any atom is -0.465 e. The van der Waals surface area contributed by atoms with E-state index in [1.54, 1.807) is 13.8 Å². The third kappa shape index (κ3) is 9.76. The van der Waals surface area contributed by atoms with Gasteiger partial charge in [0, 0.05) is 17.9 Å². The lowest BCUT2D eigenvalue weighted by Crippen LogP contribution is -2.19. The Morgan fingerprint density at radius 2 is 1.18 bits per heavy atom. The van der Waals surface area contributed by atoms with Crippen molar-refractivity contribution in [3.8, 4) is 0 Å². The van der Waals surface area contributed by atoms with Gasteiger partial charge in [-0.2, -0.15) is 0 Å². The predicted molar refractivity (Wildman–Crippen MR) is 161 cm³/mol. The summed E-state index contributed by atoms with van der Waals surface area (Å²) in [5, 5.41) is 8.96. The van der Waals surface area contributed by atoms with Gasteiger partial charge in [0.15, 0.2) is 0 Å². The zero-order chi connectivity index (χ0) is 29.4. The first kappa shape index (κ1) is 33.0. The molecule has 2 fully saturated rings. The van der Waals surface area contributed by atoms with E-state index in [0.29, 0.717) is 36.9 Å². The average Bonchev–Trinajstić information content (AvgIpc) is 3.82. The first-order valence-electron chi connectivity index (χ1n) is 14.3. The van der Waals surface area contributed by atoms with Gasteiger partial charge in [0.1, 0.15) is 0 Å². The van der Waals surface area contributed by atoms with Crippen molar-refractivity contribution in [3.05, 3.63) is 71.8 Å². The average molecular weight is 557 g/mol. The zero-order valence-corrected chi connectivity index (χ0v) is 25.9. The summed E-state index contributed by atoms with van der Waals surface area (Å²) in [4.78, 5) is 21.5. The normalized spacial score (nSPS) is 26.4. The van der Waals surface area contributed by atoms with Crippen molar-refractivity contribution in [2.75, 3.05) is 13.2 Å². The van der Waals surface area contributed by atoms with Crippen LogP contribution in [0.5, 0.6) is 0 Å². The Morgan fingerprint density at radius 1 is 0.795 bits per heavy atom. The number of aliphatic hydroxyl groups is 1. The van der Waals surface area contributed by atoms with E-state index in [4.69, 9.17) is 16.3 Å². The summed E-state index contributed by atoms with van der Waals surface area (Å²) in [6, 6.07) is 21.2. The number of hydrogen-bond donors (Lipinski definition) is 1. The van der Waals surface area contributed by atoms with Crippen molar-refractivity contribution in [3.63, 3.8) is 0 Å². The van der Waals surface area contributed by atoms with E-state index in [0.717, 1.165) is 6.42 Å². The molecule has 6 atom stereocenters. The number of benzene rings is 2. The highest BCUT2D eigenvalue weighted by Crippen LogP contribution is 2.59. The molecule has 0 radical (unpaired) electrons. The molecule has 2 aliphatic rings. The Kier molecular flexibility index (Phi) is 12.2. The minimum absolute atomic E-state index is 0.0216. The molecule has 4 rings (SSSR count). The van der Waals surface area contributed by atoms with E-state index in [2.05, 4.69) is 76.2 Å². The first-order valence-corrected chi connectivity index (χ1v) is 14.7. The standard InChI is InChI=1S/C17H24O2.C13H18O.C4H7ClO/c1-12(2)16(18)19-11-17(4)10-15(17)13(3)14-8-6-5-7-9-14;1-10(11-6-4-3-5-7-11)12-8-13(12,2)9-14;1-3(2)4(5)6/h5-9,12-13,15H,10-11H2,1-4H3;3-7,10,12,14H,8-9H2,1-2H3;3H,1-2H3/t13-,15+,17+;10-,12+,13+;/m11./s1. The Hall–Kier alpha value is -2.17. The van der Waals surface area contributed by atoms with Crippen molar-refractivity contribution in [2.45, 2.75) is 80.1 Å². The molecule has 0 saturated heterocycles. The third-order valence-corrected chi connectivity index (χ3v) is 8.97. The molecule has 0 unspecified atom stereocenters. The largest absolute Gasteiger partial charge is 0.465 e. The molecule has 2 aromatic rings. The summed E-state index contributed by atoms with van der Waals surface area (Å²) in [6.07, 6.45) is 2.31. The van der Waals surface area contributed by atoms with E-state index in [9.17, 15) is 14.7 Å². The van der Waals surface area contributed by atoms with Crippen LogP contribution in [0.4, 0.5) is 0 Å². The maximum atomic E-state index is 11.5. The molecule has 0 aromatic heterocycles. The lowest BCUT2D eigenvalue weighted by molar-refractivity contribution is -0.149. The summed E-state index contributed by atoms with van der Waals surface area (Å²) in [5.74, 6) is 2.25. The monoisotopic (exact) mass is 556 g/mol. The molecule has 0 amide bonds. The van der Waals surface area contributed by atoms with Gasteiger partial charge in [0.25, 0.3) is 0 Å². The van der Waals surface area contributed by atoms with E-state index in [-0.39, 0.29) is 33.9 Å². The Bertz CT molecular complexity index is 1040. The Balaban J connectivity index is 0.000000234. The summed E-state index contributed by atoms with van der Waals surface area (Å²) in [6.45, 7) is 17.1. The highest BCUT2D eigenvalue weighted by Gasteiger charge is 2.54. The molecule has 0 heterocycles. The van der Waals surface area contributed by atoms with Gasteiger partial charge in [0.2, 0.25) is 5.24 Å². The molecule has 2 saturated carbocycles. The summed E-state index contributed by atoms with van der Waals surface area (Å²) < 4.78 is 5.41. The molecule has 216 valence electrons. The fourth-order valence-corrected chi connectivity index (χ4v) is 5.18. The van der Waals surface area contributed by atoms with E-state index in [1.807, 2.05) is 26.0 Å². The molecule has 5 heteroatoms. The van der Waals surface area contributed by atoms with E-state index >= 15 is 0 Å². The Labute approximate surface area is 241 Å². The van der Waals surface area contributed by atoms with E-state index in [1.165, 1.54) is 17.5 Å². The number of esters is 1. The van der Waals surface area contributed by atoms with Crippen LogP contribution in [0.2, 0.25) is 0 Å². The van der Waals surface area contributed by atoms with Crippen molar-refractivity contribution < 1.29 is 19.4 Å². The van der Waals surface area contributed by atoms with Crippen molar-refractivity contribution in [1.82, 2.24) is 0 Å². The SMILES string of the molecule is CC(C)C(=O)Cl.CC(C)C(=O)OC[C@]1(C)C[C@H]1[C@H](C)c1ccccc1.C[C@H](c1ccccc1)[C@@H]1C[C@@]1(C)CO. The van der Waals surface area contributed by atoms with Crippen molar-refractivity contribution >= 4 is 22.8 Å². The number of halogens is 1. The van der Waals surface area contributed by atoms with Gasteiger partial charge in [0.05, 0.1) is 12.5 Å². The molecule has 39 heavy (non-hydrogen) atoms. The molecule has 0 aliphatic heterocycles. The van der Waals surface area contributed by atoms with Gasteiger partial charge >= 0.3 is 5.97 Å². The van der Waals surface area contributed by atoms with Gasteiger partial charge in [-0.05, 0) is 64.7 Å². The van der Waals surface area contributed by atoms with Crippen molar-refractivity contribution in [1.29, 1.82) is 0 Å². The van der Waals surface area contributed by atoms with Gasteiger partial charge in [-0.3, -0.25) is 9.59 Å². The second-order valence-electron chi connectivity index (χ2n) is 12.7. The molecule has 2 aromatic carbocycles. The van der Waals surface area contributed by atoms with Gasteiger partial charge in [-0.1, -0.05) is 116 Å². The lowest BCUT2D eigenvalue weighted by Gasteiger charge is -2.17. The fourth-order valence-electron chi connectivity index (χ4n) is 5.18. The highest BCUT2D eigenvalue weighted by molar-refractivity contribution is 6.63. The van der Waals surface area contributed by atoms with Crippen LogP contribution in [0.3, 0.4) is 0 Å². The predicted octanol–water partition coefficient (Wildman–Crippen LogP) is 8.23. The molecule has 1 N–H and O–H groups in total. The zero-order valence-electron chi connectivity index (χ0n) is 25.1. The maximum Gasteiger partial charge on any atom is 0.308 e. The number of rotatable bonds is 9. The second kappa shape index (κ2) is 14.5. The number of ether oxygens (including phenoxy) is 1. The summed E-state index contributed by atoms with van der Waals surface area (Å²) in [5.41, 5.74) is 3.13. The van der Waals surface area contributed by atoms with Crippen LogP contribution in [0.15, 0.2) is 60.7 Å².